The summed E-state index contributed by atoms with van der Waals surface area (Å²) in [7, 11) is 0. The number of fused-ring (bicyclic) bond motifs is 2. The van der Waals surface area contributed by atoms with E-state index in [1.807, 2.05) is 68.4 Å². The van der Waals surface area contributed by atoms with Crippen LogP contribution < -0.4 is 10.2 Å². The maximum absolute atomic E-state index is 14.8. The molecule has 5 rings (SSSR count). The lowest BCUT2D eigenvalue weighted by molar-refractivity contribution is -0.131. The normalized spacial score (nSPS) is 16.1. The summed E-state index contributed by atoms with van der Waals surface area (Å²) >= 11 is 1.48. The Morgan fingerprint density at radius 3 is 2.29 bits per heavy atom. The van der Waals surface area contributed by atoms with Gasteiger partial charge in [-0.1, -0.05) is 42.5 Å². The predicted molar refractivity (Wildman–Crippen MR) is 190 cm³/mol. The Hall–Kier alpha value is -5.26. The minimum Gasteiger partial charge on any atom is -0.444 e. The van der Waals surface area contributed by atoms with Crippen LogP contribution in [-0.2, 0) is 20.9 Å². The first kappa shape index (κ1) is 35.1. The van der Waals surface area contributed by atoms with Gasteiger partial charge in [0, 0.05) is 27.1 Å². The fraction of sp³-hybridized carbons (Fsp3) is 0.342. The van der Waals surface area contributed by atoms with Crippen molar-refractivity contribution in [2.45, 2.75) is 82.3 Å². The molecule has 4 aromatic rings. The maximum atomic E-state index is 14.8. The fourth-order valence-electron chi connectivity index (χ4n) is 6.12. The molecule has 2 heterocycles. The highest BCUT2D eigenvalue weighted by atomic mass is 32.2. The van der Waals surface area contributed by atoms with Gasteiger partial charge in [0.05, 0.1) is 29.0 Å². The maximum Gasteiger partial charge on any atom is 0.410 e. The van der Waals surface area contributed by atoms with Crippen LogP contribution in [0.3, 0.4) is 0 Å². The molecule has 49 heavy (non-hydrogen) atoms. The van der Waals surface area contributed by atoms with Crippen molar-refractivity contribution < 1.29 is 19.1 Å². The molecule has 0 aliphatic carbocycles. The quantitative estimate of drug-likeness (QED) is 0.225. The van der Waals surface area contributed by atoms with Crippen LogP contribution in [0.5, 0.6) is 0 Å². The van der Waals surface area contributed by atoms with Gasteiger partial charge in [0.1, 0.15) is 35.5 Å². The van der Waals surface area contributed by atoms with Gasteiger partial charge in [-0.2, -0.15) is 10.5 Å². The first-order chi connectivity index (χ1) is 23.2. The van der Waals surface area contributed by atoms with Gasteiger partial charge < -0.3 is 15.0 Å². The van der Waals surface area contributed by atoms with Crippen molar-refractivity contribution in [2.75, 3.05) is 11.4 Å². The number of rotatable bonds is 7. The Morgan fingerprint density at radius 2 is 1.63 bits per heavy atom. The average Bonchev–Trinajstić information content (AvgIpc) is 3.34. The molecule has 1 aliphatic rings. The van der Waals surface area contributed by atoms with E-state index in [1.54, 1.807) is 62.3 Å². The minimum atomic E-state index is -1.00. The Kier molecular flexibility index (Phi) is 9.80. The van der Waals surface area contributed by atoms with Crippen LogP contribution in [0.2, 0.25) is 0 Å². The van der Waals surface area contributed by atoms with Crippen molar-refractivity contribution in [1.29, 1.82) is 10.5 Å². The molecular formula is C38H40N6O4S. The predicted octanol–water partition coefficient (Wildman–Crippen LogP) is 6.92. The molecule has 11 heteroatoms. The smallest absolute Gasteiger partial charge is 0.410 e. The van der Waals surface area contributed by atoms with Crippen molar-refractivity contribution in [3.8, 4) is 17.8 Å². The van der Waals surface area contributed by atoms with E-state index in [9.17, 15) is 24.9 Å². The highest BCUT2D eigenvalue weighted by molar-refractivity contribution is 8.01. The third-order valence-corrected chi connectivity index (χ3v) is 9.83. The number of nitriles is 2. The van der Waals surface area contributed by atoms with E-state index in [1.165, 1.54) is 16.7 Å². The number of benzene rings is 3. The number of anilines is 1. The second kappa shape index (κ2) is 13.7. The van der Waals surface area contributed by atoms with E-state index in [4.69, 9.17) is 4.74 Å². The minimum absolute atomic E-state index is 0.0263. The van der Waals surface area contributed by atoms with Crippen molar-refractivity contribution in [3.63, 3.8) is 0 Å². The first-order valence-corrected chi connectivity index (χ1v) is 16.9. The van der Waals surface area contributed by atoms with Gasteiger partial charge in [-0.3, -0.25) is 19.1 Å². The lowest BCUT2D eigenvalue weighted by Crippen LogP contribution is -2.60. The number of carbonyl (C=O) groups excluding carboxylic acids is 3. The van der Waals surface area contributed by atoms with E-state index >= 15 is 0 Å². The number of thioether (sulfide) groups is 1. The summed E-state index contributed by atoms with van der Waals surface area (Å²) in [5.41, 5.74) is 2.51. The van der Waals surface area contributed by atoms with Crippen LogP contribution in [0.4, 0.5) is 10.5 Å². The zero-order valence-corrected chi connectivity index (χ0v) is 29.6. The molecule has 1 aliphatic heterocycles. The summed E-state index contributed by atoms with van der Waals surface area (Å²) in [5.74, 6) is -0.852. The van der Waals surface area contributed by atoms with E-state index in [2.05, 4.69) is 17.5 Å². The molecular weight excluding hydrogens is 637 g/mol. The second-order valence-corrected chi connectivity index (χ2v) is 15.1. The standard InChI is InChI=1S/C38H40N6O4S/c1-8-42(36(47)48-37(3,4)5)24(2)34(45)41-33-35(46)43(30-19-13-14-20-32(30)49-38(33,6)7)23-27-26-16-10-12-18-29(26)44(31(27)22-40)28-17-11-9-15-25(28)21-39/h9-20,24,33H,8,23H2,1-7H3,(H,41,45)/t24-,33+/m0/s1. The first-order valence-electron chi connectivity index (χ1n) is 16.1. The lowest BCUT2D eigenvalue weighted by Gasteiger charge is -2.35. The third-order valence-electron chi connectivity index (χ3n) is 8.51. The summed E-state index contributed by atoms with van der Waals surface area (Å²) in [4.78, 5) is 45.5. The number of para-hydroxylation sites is 3. The van der Waals surface area contributed by atoms with Gasteiger partial charge in [0.2, 0.25) is 5.91 Å². The molecule has 0 bridgehead atoms. The number of hydrogen-bond acceptors (Lipinski definition) is 7. The van der Waals surface area contributed by atoms with Gasteiger partial charge in [-0.15, -0.1) is 11.8 Å². The Morgan fingerprint density at radius 1 is 1.00 bits per heavy atom. The molecule has 1 N–H and O–H groups in total. The van der Waals surface area contributed by atoms with Crippen molar-refractivity contribution in [1.82, 2.24) is 14.8 Å². The molecule has 0 spiro atoms. The number of hydrogen-bond donors (Lipinski definition) is 1. The molecule has 10 nitrogen and oxygen atoms in total. The summed E-state index contributed by atoms with van der Waals surface area (Å²) < 4.78 is 6.51. The highest BCUT2D eigenvalue weighted by Crippen LogP contribution is 2.45. The van der Waals surface area contributed by atoms with E-state index < -0.39 is 34.4 Å². The fourth-order valence-corrected chi connectivity index (χ4v) is 7.39. The van der Waals surface area contributed by atoms with E-state index in [0.29, 0.717) is 28.2 Å². The number of ether oxygens (including phenoxy) is 1. The summed E-state index contributed by atoms with van der Waals surface area (Å²) in [5, 5.41) is 24.3. The van der Waals surface area contributed by atoms with Crippen LogP contribution in [0.15, 0.2) is 77.7 Å². The largest absolute Gasteiger partial charge is 0.444 e. The third kappa shape index (κ3) is 6.85. The Balaban J connectivity index is 1.59. The molecule has 252 valence electrons. The molecule has 0 fully saturated rings. The lowest BCUT2D eigenvalue weighted by atomic mass is 10.00. The van der Waals surface area contributed by atoms with E-state index in [0.717, 1.165) is 15.8 Å². The zero-order chi connectivity index (χ0) is 35.7. The molecule has 0 radical (unpaired) electrons. The second-order valence-electron chi connectivity index (χ2n) is 13.4. The number of likely N-dealkylation sites (N-methyl/N-ethyl adjacent to an activating group) is 1. The summed E-state index contributed by atoms with van der Waals surface area (Å²) in [6.45, 7) is 12.7. The van der Waals surface area contributed by atoms with Gasteiger partial charge in [-0.25, -0.2) is 4.79 Å². The molecule has 3 amide bonds. The van der Waals surface area contributed by atoms with Crippen LogP contribution in [-0.4, -0.2) is 56.4 Å². The van der Waals surface area contributed by atoms with Gasteiger partial charge in [0.15, 0.2) is 0 Å². The van der Waals surface area contributed by atoms with Crippen molar-refractivity contribution in [2.24, 2.45) is 0 Å². The van der Waals surface area contributed by atoms with Crippen LogP contribution in [0, 0.1) is 22.7 Å². The number of nitrogens with one attached hydrogen (secondary N) is 1. The van der Waals surface area contributed by atoms with Crippen molar-refractivity contribution in [3.05, 3.63) is 89.6 Å². The number of aromatic nitrogens is 1. The number of carbonyl (C=O) groups is 3. The number of nitrogens with zero attached hydrogens (tertiary/aromatic N) is 5. The highest BCUT2D eigenvalue weighted by Gasteiger charge is 2.45. The average molecular weight is 677 g/mol. The van der Waals surface area contributed by atoms with Gasteiger partial charge in [0.25, 0.3) is 5.91 Å². The molecule has 3 aromatic carbocycles. The van der Waals surface area contributed by atoms with E-state index in [-0.39, 0.29) is 19.0 Å². The van der Waals surface area contributed by atoms with Gasteiger partial charge >= 0.3 is 6.09 Å². The topological polar surface area (TPSA) is 131 Å². The SMILES string of the molecule is CCN(C(=O)OC(C)(C)C)[C@@H](C)C(=O)N[C@@H]1C(=O)N(Cc2c(C#N)n(-c3ccccc3C#N)c3ccccc23)c2ccccc2SC1(C)C. The monoisotopic (exact) mass is 676 g/mol. The van der Waals surface area contributed by atoms with Crippen molar-refractivity contribution >= 4 is 46.3 Å². The van der Waals surface area contributed by atoms with Crippen LogP contribution in [0.1, 0.15) is 65.3 Å². The molecule has 0 saturated carbocycles. The van der Waals surface area contributed by atoms with Gasteiger partial charge in [-0.05, 0) is 78.8 Å². The number of amides is 3. The molecule has 2 atom stereocenters. The Bertz CT molecular complexity index is 2010. The molecule has 0 saturated heterocycles. The van der Waals surface area contributed by atoms with Crippen LogP contribution in [0.25, 0.3) is 16.6 Å². The van der Waals surface area contributed by atoms with Crippen LogP contribution >= 0.6 is 11.8 Å². The zero-order valence-electron chi connectivity index (χ0n) is 28.8. The molecule has 1 aromatic heterocycles. The summed E-state index contributed by atoms with van der Waals surface area (Å²) in [6, 6.07) is 24.8. The molecule has 0 unspecified atom stereocenters. The summed E-state index contributed by atoms with van der Waals surface area (Å²) in [6.07, 6.45) is -0.620. The Labute approximate surface area is 291 Å².